The van der Waals surface area contributed by atoms with E-state index in [4.69, 9.17) is 0 Å². The number of fused-ring (bicyclic) bond motifs is 3. The highest BCUT2D eigenvalue weighted by Crippen LogP contribution is 2.41. The average molecular weight is 464 g/mol. The molecular formula is C20H26BrN5OS. The number of nitrogens with zero attached hydrogens (tertiary/aromatic N) is 4. The highest BCUT2D eigenvalue weighted by atomic mass is 79.9. The number of aryl methyl sites for hydroxylation is 1. The van der Waals surface area contributed by atoms with Gasteiger partial charge in [0.2, 0.25) is 0 Å². The van der Waals surface area contributed by atoms with Gasteiger partial charge in [0.1, 0.15) is 17.0 Å². The van der Waals surface area contributed by atoms with Crippen LogP contribution in [0.2, 0.25) is 0 Å². The van der Waals surface area contributed by atoms with Gasteiger partial charge in [0, 0.05) is 17.6 Å². The Bertz CT molecular complexity index is 980. The van der Waals surface area contributed by atoms with Crippen LogP contribution in [-0.4, -0.2) is 37.0 Å². The van der Waals surface area contributed by atoms with Gasteiger partial charge in [-0.25, -0.2) is 9.97 Å². The maximum Gasteiger partial charge on any atom is 0.138 e. The Labute approximate surface area is 177 Å². The van der Waals surface area contributed by atoms with Gasteiger partial charge in [0.05, 0.1) is 28.2 Å². The molecule has 150 valence electrons. The van der Waals surface area contributed by atoms with Crippen molar-refractivity contribution in [2.45, 2.75) is 52.2 Å². The average Bonchev–Trinajstić information content (AvgIpc) is 3.21. The molecule has 6 nitrogen and oxygen atoms in total. The van der Waals surface area contributed by atoms with Crippen molar-refractivity contribution >= 4 is 43.3 Å². The molecule has 8 heteroatoms. The van der Waals surface area contributed by atoms with Crippen LogP contribution in [0.25, 0.3) is 10.2 Å². The lowest BCUT2D eigenvalue weighted by atomic mass is 9.81. The topological polar surface area (TPSA) is 75.9 Å². The summed E-state index contributed by atoms with van der Waals surface area (Å²) in [6.07, 6.45) is 8.64. The summed E-state index contributed by atoms with van der Waals surface area (Å²) >= 11 is 5.19. The van der Waals surface area contributed by atoms with Gasteiger partial charge in [-0.2, -0.15) is 5.10 Å². The smallest absolute Gasteiger partial charge is 0.138 e. The summed E-state index contributed by atoms with van der Waals surface area (Å²) in [6, 6.07) is 0. The van der Waals surface area contributed by atoms with Crippen molar-refractivity contribution in [3.8, 4) is 0 Å². The third-order valence-corrected chi connectivity index (χ3v) is 7.14. The highest BCUT2D eigenvalue weighted by Gasteiger charge is 2.27. The zero-order valence-corrected chi connectivity index (χ0v) is 18.8. The number of aliphatic hydroxyl groups is 1. The Balaban J connectivity index is 1.54. The molecule has 1 aliphatic rings. The van der Waals surface area contributed by atoms with Gasteiger partial charge in [-0.05, 0) is 59.5 Å². The predicted octanol–water partition coefficient (Wildman–Crippen LogP) is 4.27. The fourth-order valence-electron chi connectivity index (χ4n) is 3.94. The molecule has 3 aromatic rings. The van der Waals surface area contributed by atoms with Crippen LogP contribution >= 0.6 is 27.3 Å². The van der Waals surface area contributed by atoms with Crippen LogP contribution in [-0.2, 0) is 19.4 Å². The summed E-state index contributed by atoms with van der Waals surface area (Å²) < 4.78 is 2.64. The Hall–Kier alpha value is -1.51. The summed E-state index contributed by atoms with van der Waals surface area (Å²) in [5.74, 6) is 2.28. The summed E-state index contributed by atoms with van der Waals surface area (Å²) in [6.45, 7) is 7.23. The van der Waals surface area contributed by atoms with E-state index >= 15 is 0 Å². The third kappa shape index (κ3) is 4.09. The van der Waals surface area contributed by atoms with E-state index in [0.717, 1.165) is 39.3 Å². The molecule has 0 spiro atoms. The second-order valence-electron chi connectivity index (χ2n) is 8.36. The minimum atomic E-state index is -0.957. The first kappa shape index (κ1) is 19.8. The second kappa shape index (κ2) is 7.72. The van der Waals surface area contributed by atoms with E-state index in [1.807, 2.05) is 13.1 Å². The van der Waals surface area contributed by atoms with Gasteiger partial charge in [0.25, 0.3) is 0 Å². The summed E-state index contributed by atoms with van der Waals surface area (Å²) in [5.41, 5.74) is 0.442. The SMILES string of the molecule is CC(C)C1CCc2c(sc3ncnc(NCC(C)(O)Cn4cc(Br)cn4)c23)C1. The number of rotatable bonds is 6. The number of halogens is 1. The molecule has 1 aliphatic carbocycles. The van der Waals surface area contributed by atoms with Crippen LogP contribution < -0.4 is 5.32 Å². The zero-order chi connectivity index (χ0) is 19.9. The van der Waals surface area contributed by atoms with Crippen molar-refractivity contribution in [2.24, 2.45) is 11.8 Å². The summed E-state index contributed by atoms with van der Waals surface area (Å²) in [4.78, 5) is 11.5. The molecule has 0 amide bonds. The third-order valence-electron chi connectivity index (χ3n) is 5.57. The quantitative estimate of drug-likeness (QED) is 0.570. The molecule has 0 bridgehead atoms. The van der Waals surface area contributed by atoms with E-state index in [1.54, 1.807) is 28.5 Å². The highest BCUT2D eigenvalue weighted by molar-refractivity contribution is 9.10. The Kier molecular flexibility index (Phi) is 5.46. The van der Waals surface area contributed by atoms with Gasteiger partial charge in [-0.3, -0.25) is 4.68 Å². The number of aromatic nitrogens is 4. The Morgan fingerprint density at radius 3 is 2.96 bits per heavy atom. The van der Waals surface area contributed by atoms with Crippen LogP contribution in [0.3, 0.4) is 0 Å². The zero-order valence-electron chi connectivity index (χ0n) is 16.4. The van der Waals surface area contributed by atoms with Gasteiger partial charge < -0.3 is 10.4 Å². The maximum atomic E-state index is 10.8. The first-order chi connectivity index (χ1) is 13.3. The lowest BCUT2D eigenvalue weighted by Gasteiger charge is -2.26. The normalized spacial score (nSPS) is 19.0. The van der Waals surface area contributed by atoms with E-state index in [9.17, 15) is 5.11 Å². The molecule has 28 heavy (non-hydrogen) atoms. The molecule has 0 saturated carbocycles. The van der Waals surface area contributed by atoms with Crippen LogP contribution in [0.5, 0.6) is 0 Å². The molecular weight excluding hydrogens is 438 g/mol. The number of hydrogen-bond donors (Lipinski definition) is 2. The van der Waals surface area contributed by atoms with Crippen molar-refractivity contribution in [1.82, 2.24) is 19.7 Å². The second-order valence-corrected chi connectivity index (χ2v) is 10.4. The number of thiophene rings is 1. The van der Waals surface area contributed by atoms with E-state index in [2.05, 4.69) is 50.2 Å². The molecule has 0 radical (unpaired) electrons. The molecule has 0 saturated heterocycles. The maximum absolute atomic E-state index is 10.8. The largest absolute Gasteiger partial charge is 0.386 e. The molecule has 0 aliphatic heterocycles. The van der Waals surface area contributed by atoms with Gasteiger partial charge in [-0.1, -0.05) is 13.8 Å². The summed E-state index contributed by atoms with van der Waals surface area (Å²) in [5, 5.41) is 19.6. The predicted molar refractivity (Wildman–Crippen MR) is 117 cm³/mol. The van der Waals surface area contributed by atoms with E-state index in [1.165, 1.54) is 16.9 Å². The standard InChI is InChI=1S/C20H26BrN5OS/c1-12(2)13-4-5-15-16(6-13)28-19-17(15)18(23-11-24-19)22-9-20(3,27)10-26-8-14(21)7-25-26/h7-8,11-13,27H,4-6,9-10H2,1-3H3,(H,22,23,24). The number of nitrogens with one attached hydrogen (secondary N) is 1. The number of anilines is 1. The Morgan fingerprint density at radius 2 is 2.25 bits per heavy atom. The van der Waals surface area contributed by atoms with Gasteiger partial charge >= 0.3 is 0 Å². The van der Waals surface area contributed by atoms with Crippen LogP contribution in [0, 0.1) is 11.8 Å². The van der Waals surface area contributed by atoms with E-state index < -0.39 is 5.60 Å². The van der Waals surface area contributed by atoms with Gasteiger partial charge in [-0.15, -0.1) is 11.3 Å². The molecule has 4 rings (SSSR count). The fourth-order valence-corrected chi connectivity index (χ4v) is 5.55. The van der Waals surface area contributed by atoms with Crippen molar-refractivity contribution in [3.05, 3.63) is 33.6 Å². The Morgan fingerprint density at radius 1 is 1.43 bits per heavy atom. The van der Waals surface area contributed by atoms with Crippen molar-refractivity contribution in [3.63, 3.8) is 0 Å². The monoisotopic (exact) mass is 463 g/mol. The van der Waals surface area contributed by atoms with Gasteiger partial charge in [0.15, 0.2) is 0 Å². The summed E-state index contributed by atoms with van der Waals surface area (Å²) in [7, 11) is 0. The molecule has 2 atom stereocenters. The minimum Gasteiger partial charge on any atom is -0.386 e. The van der Waals surface area contributed by atoms with Crippen molar-refractivity contribution < 1.29 is 5.11 Å². The molecule has 2 unspecified atom stereocenters. The lowest BCUT2D eigenvalue weighted by Crippen LogP contribution is -2.38. The van der Waals surface area contributed by atoms with Crippen LogP contribution in [0.4, 0.5) is 5.82 Å². The molecule has 0 aromatic carbocycles. The minimum absolute atomic E-state index is 0.385. The van der Waals surface area contributed by atoms with E-state index in [-0.39, 0.29) is 0 Å². The molecule has 0 fully saturated rings. The van der Waals surface area contributed by atoms with E-state index in [0.29, 0.717) is 19.0 Å². The fraction of sp³-hybridized carbons (Fsp3) is 0.550. The molecule has 2 N–H and O–H groups in total. The molecule has 3 aromatic heterocycles. The lowest BCUT2D eigenvalue weighted by molar-refractivity contribution is 0.0513. The van der Waals surface area contributed by atoms with Crippen molar-refractivity contribution in [1.29, 1.82) is 0 Å². The first-order valence-corrected chi connectivity index (χ1v) is 11.3. The first-order valence-electron chi connectivity index (χ1n) is 9.72. The van der Waals surface area contributed by atoms with Crippen molar-refractivity contribution in [2.75, 3.05) is 11.9 Å². The van der Waals surface area contributed by atoms with Crippen LogP contribution in [0.1, 0.15) is 37.6 Å². The van der Waals surface area contributed by atoms with Crippen LogP contribution in [0.15, 0.2) is 23.2 Å². The molecule has 3 heterocycles. The number of hydrogen-bond acceptors (Lipinski definition) is 6.